The maximum Gasteiger partial charge on any atom is 0.303 e. The number of benzene rings is 1. The maximum atomic E-state index is 10.8. The molecule has 0 heterocycles. The van der Waals surface area contributed by atoms with Crippen molar-refractivity contribution in [2.45, 2.75) is 39.6 Å². The zero-order chi connectivity index (χ0) is 12.3. The van der Waals surface area contributed by atoms with Gasteiger partial charge >= 0.3 is 5.97 Å². The highest BCUT2D eigenvalue weighted by atomic mass is 28.3. The molecule has 0 aromatic heterocycles. The van der Waals surface area contributed by atoms with Gasteiger partial charge < -0.3 is 4.74 Å². The van der Waals surface area contributed by atoms with Gasteiger partial charge in [0.15, 0.2) is 0 Å². The fourth-order valence-electron chi connectivity index (χ4n) is 1.57. The minimum Gasteiger partial charge on any atom is -0.458 e. The van der Waals surface area contributed by atoms with E-state index in [9.17, 15) is 4.79 Å². The molecule has 1 atom stereocenters. The predicted octanol–water partition coefficient (Wildman–Crippen LogP) is 2.86. The molecule has 0 aliphatic heterocycles. The molecule has 0 spiro atoms. The Labute approximate surface area is 98.6 Å². The Balaban J connectivity index is 2.83. The van der Waals surface area contributed by atoms with Crippen molar-refractivity contribution >= 4 is 19.2 Å². The lowest BCUT2D eigenvalue weighted by Gasteiger charge is -2.18. The zero-order valence-electron chi connectivity index (χ0n) is 10.7. The molecular formula is C13H20O2Si. The van der Waals surface area contributed by atoms with Crippen molar-refractivity contribution in [3.63, 3.8) is 0 Å². The summed E-state index contributed by atoms with van der Waals surface area (Å²) in [5.74, 6) is -0.234. The van der Waals surface area contributed by atoms with E-state index in [1.54, 1.807) is 0 Å². The molecule has 3 heteroatoms. The summed E-state index contributed by atoms with van der Waals surface area (Å²) in [6.45, 7) is 10.3. The van der Waals surface area contributed by atoms with E-state index in [1.165, 1.54) is 12.1 Å². The Kier molecular flexibility index (Phi) is 3.91. The Hall–Kier alpha value is -1.09. The number of ether oxygens (including phenoxy) is 1. The molecule has 0 saturated heterocycles. The maximum absolute atomic E-state index is 10.8. The van der Waals surface area contributed by atoms with Crippen LogP contribution in [0.1, 0.15) is 25.5 Å². The second-order valence-corrected chi connectivity index (χ2v) is 10.2. The SMILES string of the molecule is CC(=O)O[C@H](C)c1ccc([Si](C)(C)C)cc1. The first kappa shape index (κ1) is 13.0. The summed E-state index contributed by atoms with van der Waals surface area (Å²) in [7, 11) is -1.23. The van der Waals surface area contributed by atoms with E-state index in [0.29, 0.717) is 0 Å². The highest BCUT2D eigenvalue weighted by Crippen LogP contribution is 2.16. The second-order valence-electron chi connectivity index (χ2n) is 5.12. The van der Waals surface area contributed by atoms with Gasteiger partial charge in [-0.3, -0.25) is 4.79 Å². The van der Waals surface area contributed by atoms with Crippen molar-refractivity contribution in [2.24, 2.45) is 0 Å². The molecule has 1 aromatic carbocycles. The van der Waals surface area contributed by atoms with Gasteiger partial charge in [-0.15, -0.1) is 0 Å². The van der Waals surface area contributed by atoms with E-state index >= 15 is 0 Å². The molecule has 0 saturated carbocycles. The summed E-state index contributed by atoms with van der Waals surface area (Å²) in [6.07, 6.45) is -0.159. The van der Waals surface area contributed by atoms with Crippen LogP contribution in [0.3, 0.4) is 0 Å². The van der Waals surface area contributed by atoms with Crippen LogP contribution in [-0.2, 0) is 9.53 Å². The van der Waals surface area contributed by atoms with Gasteiger partial charge in [0.05, 0.1) is 8.07 Å². The Morgan fingerprint density at radius 1 is 1.19 bits per heavy atom. The van der Waals surface area contributed by atoms with Gasteiger partial charge in [-0.05, 0) is 12.5 Å². The molecule has 2 nitrogen and oxygen atoms in total. The standard InChI is InChI=1S/C13H20O2Si/c1-10(15-11(2)14)12-6-8-13(9-7-12)16(3,4)5/h6-10H,1-5H3/t10-/m1/s1. The molecule has 0 bridgehead atoms. The van der Waals surface area contributed by atoms with Crippen LogP contribution in [0.4, 0.5) is 0 Å². The lowest BCUT2D eigenvalue weighted by Crippen LogP contribution is -2.37. The molecule has 0 aliphatic rings. The topological polar surface area (TPSA) is 26.3 Å². The van der Waals surface area contributed by atoms with Crippen molar-refractivity contribution in [2.75, 3.05) is 0 Å². The largest absolute Gasteiger partial charge is 0.458 e. The lowest BCUT2D eigenvalue weighted by atomic mass is 10.1. The first-order chi connectivity index (χ1) is 7.30. The Morgan fingerprint density at radius 3 is 2.06 bits per heavy atom. The summed E-state index contributed by atoms with van der Waals surface area (Å²) in [4.78, 5) is 10.8. The van der Waals surface area contributed by atoms with Crippen LogP contribution in [0.25, 0.3) is 0 Å². The lowest BCUT2D eigenvalue weighted by molar-refractivity contribution is -0.145. The van der Waals surface area contributed by atoms with Crippen molar-refractivity contribution < 1.29 is 9.53 Å². The molecule has 1 aromatic rings. The van der Waals surface area contributed by atoms with E-state index in [2.05, 4.69) is 43.9 Å². The van der Waals surface area contributed by atoms with Crippen molar-refractivity contribution in [3.8, 4) is 0 Å². The highest BCUT2D eigenvalue weighted by Gasteiger charge is 2.16. The average Bonchev–Trinajstić information content (AvgIpc) is 2.15. The first-order valence-electron chi connectivity index (χ1n) is 5.58. The van der Waals surface area contributed by atoms with Gasteiger partial charge in [-0.25, -0.2) is 0 Å². The quantitative estimate of drug-likeness (QED) is 0.596. The Morgan fingerprint density at radius 2 is 1.69 bits per heavy atom. The highest BCUT2D eigenvalue weighted by molar-refractivity contribution is 6.88. The normalized spacial score (nSPS) is 13.3. The fourth-order valence-corrected chi connectivity index (χ4v) is 2.74. The van der Waals surface area contributed by atoms with Crippen LogP contribution in [0.2, 0.25) is 19.6 Å². The molecule has 0 N–H and O–H groups in total. The number of hydrogen-bond donors (Lipinski definition) is 0. The number of carbonyl (C=O) groups excluding carboxylic acids is 1. The summed E-state index contributed by atoms with van der Waals surface area (Å²) in [5, 5.41) is 1.42. The molecule has 88 valence electrons. The van der Waals surface area contributed by atoms with Gasteiger partial charge in [-0.1, -0.05) is 49.1 Å². The number of hydrogen-bond acceptors (Lipinski definition) is 2. The predicted molar refractivity (Wildman–Crippen MR) is 69.6 cm³/mol. The molecule has 0 aliphatic carbocycles. The van der Waals surface area contributed by atoms with Crippen molar-refractivity contribution in [3.05, 3.63) is 29.8 Å². The smallest absolute Gasteiger partial charge is 0.303 e. The first-order valence-corrected chi connectivity index (χ1v) is 9.08. The average molecular weight is 236 g/mol. The van der Waals surface area contributed by atoms with Crippen molar-refractivity contribution in [1.29, 1.82) is 0 Å². The fraction of sp³-hybridized carbons (Fsp3) is 0.462. The van der Waals surface area contributed by atoms with E-state index < -0.39 is 8.07 Å². The van der Waals surface area contributed by atoms with Gasteiger partial charge in [-0.2, -0.15) is 0 Å². The molecule has 0 amide bonds. The molecule has 0 radical (unpaired) electrons. The number of rotatable bonds is 3. The third kappa shape index (κ3) is 3.49. The molecule has 16 heavy (non-hydrogen) atoms. The van der Waals surface area contributed by atoms with Crippen LogP contribution in [0, 0.1) is 0 Å². The van der Waals surface area contributed by atoms with Gasteiger partial charge in [0.1, 0.15) is 6.10 Å². The number of esters is 1. The van der Waals surface area contributed by atoms with Gasteiger partial charge in [0, 0.05) is 6.92 Å². The minimum atomic E-state index is -1.23. The van der Waals surface area contributed by atoms with Crippen molar-refractivity contribution in [1.82, 2.24) is 0 Å². The minimum absolute atomic E-state index is 0.159. The third-order valence-corrected chi connectivity index (χ3v) is 4.65. The van der Waals surface area contributed by atoms with E-state index in [1.807, 2.05) is 6.92 Å². The monoisotopic (exact) mass is 236 g/mol. The van der Waals surface area contributed by atoms with Gasteiger partial charge in [0.2, 0.25) is 0 Å². The van der Waals surface area contributed by atoms with Crippen LogP contribution in [0.15, 0.2) is 24.3 Å². The molecular weight excluding hydrogens is 216 g/mol. The second kappa shape index (κ2) is 4.83. The number of carbonyl (C=O) groups is 1. The molecule has 0 unspecified atom stereocenters. The zero-order valence-corrected chi connectivity index (χ0v) is 11.7. The van der Waals surface area contributed by atoms with E-state index in [4.69, 9.17) is 4.74 Å². The summed E-state index contributed by atoms with van der Waals surface area (Å²) in [6, 6.07) is 8.42. The third-order valence-electron chi connectivity index (χ3n) is 2.59. The summed E-state index contributed by atoms with van der Waals surface area (Å²) < 4.78 is 5.13. The van der Waals surface area contributed by atoms with Crippen LogP contribution < -0.4 is 5.19 Å². The summed E-state index contributed by atoms with van der Waals surface area (Å²) in [5.41, 5.74) is 1.05. The van der Waals surface area contributed by atoms with Crippen LogP contribution in [-0.4, -0.2) is 14.0 Å². The molecule has 1 rings (SSSR count). The van der Waals surface area contributed by atoms with E-state index in [-0.39, 0.29) is 12.1 Å². The van der Waals surface area contributed by atoms with E-state index in [0.717, 1.165) is 5.56 Å². The summed E-state index contributed by atoms with van der Waals surface area (Å²) >= 11 is 0. The van der Waals surface area contributed by atoms with Crippen LogP contribution >= 0.6 is 0 Å². The molecule has 0 fully saturated rings. The van der Waals surface area contributed by atoms with Crippen LogP contribution in [0.5, 0.6) is 0 Å². The Bertz CT molecular complexity index is 363. The van der Waals surface area contributed by atoms with Gasteiger partial charge in [0.25, 0.3) is 0 Å².